The number of phenolic OH excluding ortho intramolecular Hbond substituents is 1. The SMILES string of the molecule is C[Si](C)(C)CCOCn1nccc1-c1ccc(Oc2ccc(O)cc2)cc1. The molecule has 0 saturated heterocycles. The van der Waals surface area contributed by atoms with Gasteiger partial charge in [0.15, 0.2) is 0 Å². The number of hydrogen-bond donors (Lipinski definition) is 1. The van der Waals surface area contributed by atoms with Crippen molar-refractivity contribution in [1.82, 2.24) is 9.78 Å². The lowest BCUT2D eigenvalue weighted by Gasteiger charge is -2.16. The largest absolute Gasteiger partial charge is 0.508 e. The molecule has 0 radical (unpaired) electrons. The summed E-state index contributed by atoms with van der Waals surface area (Å²) in [5, 5.41) is 13.7. The van der Waals surface area contributed by atoms with E-state index in [-0.39, 0.29) is 5.75 Å². The van der Waals surface area contributed by atoms with Crippen molar-refractivity contribution in [2.45, 2.75) is 32.4 Å². The average Bonchev–Trinajstić information content (AvgIpc) is 3.09. The van der Waals surface area contributed by atoms with Gasteiger partial charge in [-0.05, 0) is 60.6 Å². The number of ether oxygens (including phenoxy) is 2. The van der Waals surface area contributed by atoms with Crippen LogP contribution in [0.2, 0.25) is 25.7 Å². The molecule has 0 bridgehead atoms. The van der Waals surface area contributed by atoms with Crippen LogP contribution in [0.3, 0.4) is 0 Å². The number of rotatable bonds is 8. The van der Waals surface area contributed by atoms with Crippen molar-refractivity contribution >= 4 is 8.07 Å². The molecule has 0 aliphatic carbocycles. The van der Waals surface area contributed by atoms with Crippen LogP contribution >= 0.6 is 0 Å². The summed E-state index contributed by atoms with van der Waals surface area (Å²) in [7, 11) is -1.08. The van der Waals surface area contributed by atoms with Crippen LogP contribution in [-0.4, -0.2) is 29.6 Å². The Balaban J connectivity index is 1.62. The number of aromatic nitrogens is 2. The van der Waals surface area contributed by atoms with Gasteiger partial charge >= 0.3 is 0 Å². The Labute approximate surface area is 161 Å². The van der Waals surface area contributed by atoms with E-state index < -0.39 is 8.07 Å². The van der Waals surface area contributed by atoms with Crippen LogP contribution in [0.1, 0.15) is 0 Å². The van der Waals surface area contributed by atoms with Crippen molar-refractivity contribution < 1.29 is 14.6 Å². The molecule has 0 spiro atoms. The molecule has 27 heavy (non-hydrogen) atoms. The maximum absolute atomic E-state index is 9.34. The first-order valence-corrected chi connectivity index (χ1v) is 12.8. The first-order chi connectivity index (χ1) is 12.9. The fourth-order valence-electron chi connectivity index (χ4n) is 2.55. The average molecular weight is 383 g/mol. The van der Waals surface area contributed by atoms with E-state index in [2.05, 4.69) is 24.7 Å². The van der Waals surface area contributed by atoms with E-state index in [1.807, 2.05) is 35.0 Å². The quantitative estimate of drug-likeness (QED) is 0.421. The number of nitrogens with zero attached hydrogens (tertiary/aromatic N) is 2. The minimum atomic E-state index is -1.08. The van der Waals surface area contributed by atoms with Crippen LogP contribution in [0.25, 0.3) is 11.3 Å². The molecule has 0 saturated carbocycles. The topological polar surface area (TPSA) is 56.5 Å². The molecule has 0 unspecified atom stereocenters. The highest BCUT2D eigenvalue weighted by Crippen LogP contribution is 2.26. The molecule has 5 nitrogen and oxygen atoms in total. The zero-order valence-corrected chi connectivity index (χ0v) is 17.1. The molecule has 1 aromatic heterocycles. The third-order valence-electron chi connectivity index (χ3n) is 4.15. The molecule has 1 heterocycles. The van der Waals surface area contributed by atoms with E-state index >= 15 is 0 Å². The lowest BCUT2D eigenvalue weighted by atomic mass is 10.1. The molecule has 6 heteroatoms. The fraction of sp³-hybridized carbons (Fsp3) is 0.286. The third kappa shape index (κ3) is 5.70. The van der Waals surface area contributed by atoms with Gasteiger partial charge in [0.1, 0.15) is 24.0 Å². The highest BCUT2D eigenvalue weighted by molar-refractivity contribution is 6.76. The molecule has 0 fully saturated rings. The Bertz CT molecular complexity index is 852. The van der Waals surface area contributed by atoms with Crippen LogP contribution in [0.15, 0.2) is 60.8 Å². The maximum atomic E-state index is 9.34. The molecular formula is C21H26N2O3Si. The normalized spacial score (nSPS) is 11.5. The van der Waals surface area contributed by atoms with Gasteiger partial charge in [-0.1, -0.05) is 19.6 Å². The second-order valence-electron chi connectivity index (χ2n) is 7.68. The summed E-state index contributed by atoms with van der Waals surface area (Å²) in [6.07, 6.45) is 1.79. The monoisotopic (exact) mass is 382 g/mol. The van der Waals surface area contributed by atoms with Crippen molar-refractivity contribution in [3.8, 4) is 28.5 Å². The van der Waals surface area contributed by atoms with E-state index in [0.29, 0.717) is 12.5 Å². The summed E-state index contributed by atoms with van der Waals surface area (Å²) in [6.45, 7) is 8.26. The van der Waals surface area contributed by atoms with E-state index in [4.69, 9.17) is 9.47 Å². The highest BCUT2D eigenvalue weighted by atomic mass is 28.3. The van der Waals surface area contributed by atoms with Crippen molar-refractivity contribution in [3.63, 3.8) is 0 Å². The fourth-order valence-corrected chi connectivity index (χ4v) is 3.31. The second kappa shape index (κ2) is 8.41. The van der Waals surface area contributed by atoms with Crippen LogP contribution in [0.4, 0.5) is 0 Å². The predicted octanol–water partition coefficient (Wildman–Crippen LogP) is 5.36. The second-order valence-corrected chi connectivity index (χ2v) is 13.3. The molecule has 0 amide bonds. The van der Waals surface area contributed by atoms with Crippen LogP contribution < -0.4 is 4.74 Å². The van der Waals surface area contributed by atoms with Crippen molar-refractivity contribution in [3.05, 3.63) is 60.8 Å². The van der Waals surface area contributed by atoms with Crippen molar-refractivity contribution in [2.24, 2.45) is 0 Å². The van der Waals surface area contributed by atoms with Gasteiger partial charge < -0.3 is 14.6 Å². The number of benzene rings is 2. The third-order valence-corrected chi connectivity index (χ3v) is 5.85. The van der Waals surface area contributed by atoms with Gasteiger partial charge in [-0.15, -0.1) is 0 Å². The summed E-state index contributed by atoms with van der Waals surface area (Å²) in [6, 6.07) is 17.7. The number of aromatic hydroxyl groups is 1. The molecule has 0 aliphatic rings. The minimum Gasteiger partial charge on any atom is -0.508 e. The first-order valence-electron chi connectivity index (χ1n) is 9.08. The summed E-state index contributed by atoms with van der Waals surface area (Å²) in [5.74, 6) is 1.64. The van der Waals surface area contributed by atoms with Gasteiger partial charge in [-0.25, -0.2) is 4.68 Å². The van der Waals surface area contributed by atoms with E-state index in [9.17, 15) is 5.11 Å². The molecule has 1 N–H and O–H groups in total. The summed E-state index contributed by atoms with van der Waals surface area (Å²) >= 11 is 0. The molecule has 0 aliphatic heterocycles. The van der Waals surface area contributed by atoms with Gasteiger partial charge in [0.05, 0.1) is 5.69 Å². The zero-order valence-electron chi connectivity index (χ0n) is 16.1. The predicted molar refractivity (Wildman–Crippen MR) is 110 cm³/mol. The Morgan fingerprint density at radius 3 is 2.19 bits per heavy atom. The van der Waals surface area contributed by atoms with Gasteiger partial charge in [0, 0.05) is 26.4 Å². The van der Waals surface area contributed by atoms with Crippen LogP contribution in [-0.2, 0) is 11.5 Å². The zero-order chi connectivity index (χ0) is 19.3. The van der Waals surface area contributed by atoms with Crippen molar-refractivity contribution in [1.29, 1.82) is 0 Å². The minimum absolute atomic E-state index is 0.220. The number of phenols is 1. The molecule has 0 atom stereocenters. The van der Waals surface area contributed by atoms with Crippen molar-refractivity contribution in [2.75, 3.05) is 6.61 Å². The van der Waals surface area contributed by atoms with E-state index in [0.717, 1.165) is 29.7 Å². The van der Waals surface area contributed by atoms with Crippen LogP contribution in [0.5, 0.6) is 17.2 Å². The van der Waals surface area contributed by atoms with Gasteiger partial charge in [-0.3, -0.25) is 0 Å². The Kier molecular flexibility index (Phi) is 5.98. The standard InChI is InChI=1S/C21H26N2O3Si/c1-27(2,3)15-14-25-16-23-21(12-13-22-23)17-4-8-19(9-5-17)26-20-10-6-18(24)7-11-20/h4-13,24H,14-16H2,1-3H3. The highest BCUT2D eigenvalue weighted by Gasteiger charge is 2.12. The first kappa shape index (κ1) is 19.2. The van der Waals surface area contributed by atoms with Gasteiger partial charge in [0.25, 0.3) is 0 Å². The number of hydrogen-bond acceptors (Lipinski definition) is 4. The molecule has 2 aromatic carbocycles. The lowest BCUT2D eigenvalue weighted by Crippen LogP contribution is -2.22. The van der Waals surface area contributed by atoms with E-state index in [1.165, 1.54) is 0 Å². The summed E-state index contributed by atoms with van der Waals surface area (Å²) < 4.78 is 13.5. The summed E-state index contributed by atoms with van der Waals surface area (Å²) in [4.78, 5) is 0. The summed E-state index contributed by atoms with van der Waals surface area (Å²) in [5.41, 5.74) is 2.07. The Hall–Kier alpha value is -2.57. The lowest BCUT2D eigenvalue weighted by molar-refractivity contribution is 0.0798. The van der Waals surface area contributed by atoms with Crippen LogP contribution in [0, 0.1) is 0 Å². The Morgan fingerprint density at radius 2 is 1.56 bits per heavy atom. The molecule has 3 rings (SSSR count). The van der Waals surface area contributed by atoms with Gasteiger partial charge in [-0.2, -0.15) is 5.10 Å². The van der Waals surface area contributed by atoms with Gasteiger partial charge in [0.2, 0.25) is 0 Å². The van der Waals surface area contributed by atoms with E-state index in [1.54, 1.807) is 30.5 Å². The molecule has 142 valence electrons. The smallest absolute Gasteiger partial charge is 0.139 e. The molecular weight excluding hydrogens is 356 g/mol. The molecule has 3 aromatic rings. The maximum Gasteiger partial charge on any atom is 0.139 e. The Morgan fingerprint density at radius 1 is 0.926 bits per heavy atom.